The first kappa shape index (κ1) is 22.7. The summed E-state index contributed by atoms with van der Waals surface area (Å²) in [6.07, 6.45) is 5.60. The molecule has 6 atom stereocenters. The van der Waals surface area contributed by atoms with Gasteiger partial charge in [-0.15, -0.1) is 23.2 Å². The summed E-state index contributed by atoms with van der Waals surface area (Å²) in [5.74, 6) is 3.07. The second-order valence-corrected chi connectivity index (χ2v) is 14.0. The van der Waals surface area contributed by atoms with Crippen molar-refractivity contribution < 1.29 is 0 Å². The van der Waals surface area contributed by atoms with Gasteiger partial charge in [0.15, 0.2) is 0 Å². The van der Waals surface area contributed by atoms with Crippen LogP contribution in [0.2, 0.25) is 0 Å². The lowest BCUT2D eigenvalue weighted by Crippen LogP contribution is -2.55. The summed E-state index contributed by atoms with van der Waals surface area (Å²) in [4.78, 5) is 5.64. The third kappa shape index (κ3) is 3.51. The maximum absolute atomic E-state index is 6.65. The second kappa shape index (κ2) is 7.26. The Morgan fingerprint density at radius 2 is 1.62 bits per heavy atom. The van der Waals surface area contributed by atoms with Crippen molar-refractivity contribution in [3.63, 3.8) is 0 Å². The fourth-order valence-electron chi connectivity index (χ4n) is 7.73. The van der Waals surface area contributed by atoms with Crippen LogP contribution < -0.4 is 0 Å². The minimum atomic E-state index is -0.466. The molecular weight excluding hydrogens is 399 g/mol. The predicted molar refractivity (Wildman–Crippen MR) is 126 cm³/mol. The van der Waals surface area contributed by atoms with Crippen LogP contribution in [0.4, 0.5) is 0 Å². The zero-order valence-electron chi connectivity index (χ0n) is 20.0. The lowest BCUT2D eigenvalue weighted by atomic mass is 9.77. The molecule has 0 aromatic heterocycles. The molecule has 0 aromatic rings. The van der Waals surface area contributed by atoms with E-state index in [0.717, 1.165) is 24.4 Å². The lowest BCUT2D eigenvalue weighted by Gasteiger charge is -2.48. The quantitative estimate of drug-likeness (QED) is 0.451. The summed E-state index contributed by atoms with van der Waals surface area (Å²) >= 11 is 13.3. The average molecular weight is 444 g/mol. The predicted octanol–water partition coefficient (Wildman–Crippen LogP) is 6.45. The smallest absolute Gasteiger partial charge is 0.127 e. The van der Waals surface area contributed by atoms with Crippen molar-refractivity contribution in [2.75, 3.05) is 13.1 Å². The van der Waals surface area contributed by atoms with Gasteiger partial charge in [0.25, 0.3) is 0 Å². The highest BCUT2D eigenvalue weighted by molar-refractivity contribution is 6.51. The number of halogens is 2. The van der Waals surface area contributed by atoms with Gasteiger partial charge in [0.1, 0.15) is 4.33 Å². The van der Waals surface area contributed by atoms with Gasteiger partial charge < -0.3 is 0 Å². The summed E-state index contributed by atoms with van der Waals surface area (Å²) in [6, 6.07) is 1.94. The zero-order valence-corrected chi connectivity index (χ0v) is 21.5. The molecule has 4 rings (SSSR count). The van der Waals surface area contributed by atoms with E-state index in [9.17, 15) is 0 Å². The first-order valence-electron chi connectivity index (χ1n) is 12.2. The third-order valence-electron chi connectivity index (χ3n) is 9.53. The number of nitrogens with zero attached hydrogens (tertiary/aromatic N) is 2. The minimum Gasteiger partial charge on any atom is -0.297 e. The number of hydrogen-bond donors (Lipinski definition) is 0. The van der Waals surface area contributed by atoms with Crippen LogP contribution in [0.15, 0.2) is 0 Å². The Hall–Kier alpha value is 0.500. The highest BCUT2D eigenvalue weighted by atomic mass is 35.5. The van der Waals surface area contributed by atoms with Crippen LogP contribution in [0.5, 0.6) is 0 Å². The molecule has 2 saturated carbocycles. The highest BCUT2D eigenvalue weighted by Crippen LogP contribution is 2.68. The van der Waals surface area contributed by atoms with Crippen LogP contribution in [0, 0.1) is 35.0 Å². The fourth-order valence-corrected chi connectivity index (χ4v) is 8.57. The minimum absolute atomic E-state index is 0.230. The third-order valence-corrected chi connectivity index (χ3v) is 10.6. The van der Waals surface area contributed by atoms with Gasteiger partial charge in [-0.2, -0.15) is 0 Å². The van der Waals surface area contributed by atoms with E-state index in [1.807, 2.05) is 0 Å². The topological polar surface area (TPSA) is 6.48 Å². The second-order valence-electron chi connectivity index (χ2n) is 12.6. The van der Waals surface area contributed by atoms with Crippen LogP contribution in [0.25, 0.3) is 0 Å². The molecule has 0 radical (unpaired) electrons. The maximum Gasteiger partial charge on any atom is 0.127 e. The van der Waals surface area contributed by atoms with Crippen molar-refractivity contribution in [3.05, 3.63) is 0 Å². The van der Waals surface area contributed by atoms with Crippen LogP contribution in [0.1, 0.15) is 81.1 Å². The van der Waals surface area contributed by atoms with Crippen molar-refractivity contribution in [1.29, 1.82) is 0 Å². The molecule has 168 valence electrons. The zero-order chi connectivity index (χ0) is 21.5. The van der Waals surface area contributed by atoms with Crippen molar-refractivity contribution in [1.82, 2.24) is 9.80 Å². The van der Waals surface area contributed by atoms with Crippen LogP contribution >= 0.6 is 23.2 Å². The molecule has 4 aliphatic rings. The molecule has 29 heavy (non-hydrogen) atoms. The van der Waals surface area contributed by atoms with Gasteiger partial charge in [-0.05, 0) is 76.5 Å². The molecule has 5 unspecified atom stereocenters. The lowest BCUT2D eigenvalue weighted by molar-refractivity contribution is 0.0150. The van der Waals surface area contributed by atoms with Crippen LogP contribution in [0.3, 0.4) is 0 Å². The molecule has 2 aliphatic heterocycles. The Labute approximate surface area is 190 Å². The van der Waals surface area contributed by atoms with Gasteiger partial charge in [0, 0.05) is 48.6 Å². The van der Waals surface area contributed by atoms with Gasteiger partial charge in [-0.3, -0.25) is 9.80 Å². The molecule has 0 N–H and O–H groups in total. The maximum atomic E-state index is 6.65. The molecular formula is C25H44Cl2N2. The van der Waals surface area contributed by atoms with E-state index in [-0.39, 0.29) is 5.54 Å². The van der Waals surface area contributed by atoms with Gasteiger partial charge in [0.05, 0.1) is 0 Å². The normalized spacial score (nSPS) is 42.7. The van der Waals surface area contributed by atoms with Gasteiger partial charge in [-0.25, -0.2) is 0 Å². The molecule has 4 heteroatoms. The Kier molecular flexibility index (Phi) is 5.68. The van der Waals surface area contributed by atoms with E-state index < -0.39 is 4.33 Å². The number of alkyl halides is 2. The van der Waals surface area contributed by atoms with Crippen LogP contribution in [-0.2, 0) is 0 Å². The van der Waals surface area contributed by atoms with Gasteiger partial charge in [-0.1, -0.05) is 27.7 Å². The summed E-state index contributed by atoms with van der Waals surface area (Å²) in [6.45, 7) is 21.8. The van der Waals surface area contributed by atoms with E-state index in [1.165, 1.54) is 32.2 Å². The van der Waals surface area contributed by atoms with Crippen molar-refractivity contribution >= 4 is 23.2 Å². The number of fused-ring (bicyclic) bond motifs is 1. The van der Waals surface area contributed by atoms with Gasteiger partial charge in [0.2, 0.25) is 0 Å². The molecule has 0 amide bonds. The number of rotatable bonds is 5. The average Bonchev–Trinajstić information content (AvgIpc) is 3.12. The Morgan fingerprint density at radius 3 is 2.14 bits per heavy atom. The van der Waals surface area contributed by atoms with Crippen molar-refractivity contribution in [2.24, 2.45) is 35.0 Å². The number of likely N-dealkylation sites (tertiary alicyclic amines) is 2. The molecule has 0 bridgehead atoms. The van der Waals surface area contributed by atoms with Crippen LogP contribution in [-0.4, -0.2) is 50.9 Å². The molecule has 2 saturated heterocycles. The SMILES string of the molecule is CC(C)C1CC2(CCC(C(C)(C)N3C[C@H]4C(C3C(C)C)C4(Cl)Cl)C2)CN1C(C)C. The van der Waals surface area contributed by atoms with E-state index in [0.29, 0.717) is 35.3 Å². The number of hydrogen-bond acceptors (Lipinski definition) is 2. The molecule has 2 nitrogen and oxygen atoms in total. The molecule has 4 fully saturated rings. The molecule has 1 spiro atoms. The standard InChI is InChI=1S/C25H44Cl2N2/c1-15(2)20-12-24(14-28(20)17(5)6)10-9-18(11-24)23(7,8)29-13-19-21(25(19,26)27)22(29)16(3)4/h15-22H,9-14H2,1-8H3/t18?,19-,20?,21?,22?,24?/m0/s1. The largest absolute Gasteiger partial charge is 0.297 e. The van der Waals surface area contributed by atoms with Gasteiger partial charge >= 0.3 is 0 Å². The van der Waals surface area contributed by atoms with Crippen molar-refractivity contribution in [3.8, 4) is 0 Å². The number of piperidine rings is 1. The first-order chi connectivity index (χ1) is 13.3. The monoisotopic (exact) mass is 442 g/mol. The fraction of sp³-hybridized carbons (Fsp3) is 1.00. The van der Waals surface area contributed by atoms with E-state index in [1.54, 1.807) is 0 Å². The Morgan fingerprint density at radius 1 is 0.966 bits per heavy atom. The summed E-state index contributed by atoms with van der Waals surface area (Å²) in [5.41, 5.74) is 0.772. The highest BCUT2D eigenvalue weighted by Gasteiger charge is 2.73. The van der Waals surface area contributed by atoms with E-state index in [4.69, 9.17) is 23.2 Å². The summed E-state index contributed by atoms with van der Waals surface area (Å²) < 4.78 is -0.466. The molecule has 0 aromatic carbocycles. The Bertz CT molecular complexity index is 610. The summed E-state index contributed by atoms with van der Waals surface area (Å²) in [5, 5.41) is 0. The molecule has 2 heterocycles. The molecule has 2 aliphatic carbocycles. The van der Waals surface area contributed by atoms with E-state index in [2.05, 4.69) is 65.2 Å². The first-order valence-corrected chi connectivity index (χ1v) is 13.0. The Balaban J connectivity index is 1.50. The summed E-state index contributed by atoms with van der Waals surface area (Å²) in [7, 11) is 0. The van der Waals surface area contributed by atoms with Crippen molar-refractivity contribution in [2.45, 2.75) is 109 Å². The van der Waals surface area contributed by atoms with E-state index >= 15 is 0 Å².